The fraction of sp³-hybridized carbons (Fsp3) is 0.429. The van der Waals surface area contributed by atoms with Gasteiger partial charge in [-0.2, -0.15) is 0 Å². The highest BCUT2D eigenvalue weighted by Gasteiger charge is 2.46. The Hall–Kier alpha value is -3.36. The van der Waals surface area contributed by atoms with Crippen molar-refractivity contribution in [1.82, 2.24) is 9.80 Å². The van der Waals surface area contributed by atoms with Crippen LogP contribution < -0.4 is 9.80 Å². The van der Waals surface area contributed by atoms with E-state index in [0.29, 0.717) is 37.6 Å². The van der Waals surface area contributed by atoms with Crippen molar-refractivity contribution < 1.29 is 19.2 Å². The number of amides is 4. The minimum absolute atomic E-state index is 0.160. The summed E-state index contributed by atoms with van der Waals surface area (Å²) in [7, 11) is 0. The van der Waals surface area contributed by atoms with Gasteiger partial charge in [-0.1, -0.05) is 12.1 Å². The molecule has 0 spiro atoms. The number of hydrogen-bond acceptors (Lipinski definition) is 6. The van der Waals surface area contributed by atoms with Crippen molar-refractivity contribution in [3.63, 3.8) is 0 Å². The minimum atomic E-state index is -0.491. The number of imide groups is 2. The minimum Gasteiger partial charge on any atom is -0.289 e. The molecular weight excluding hydrogens is 456 g/mol. The van der Waals surface area contributed by atoms with E-state index in [1.807, 2.05) is 73.9 Å². The SMILES string of the molecule is Cc1ccc(N2C(=O)C[C@@H](N3CCN([C@H]4CC(=O)N(c5ccc(C)c(C)c5)C4=O)CC3)C2=O)cc1C. The highest BCUT2D eigenvalue weighted by Crippen LogP contribution is 2.30. The van der Waals surface area contributed by atoms with Crippen LogP contribution in [0.25, 0.3) is 0 Å². The maximum atomic E-state index is 13.2. The number of aryl methyl sites for hydroxylation is 4. The molecule has 0 aromatic heterocycles. The van der Waals surface area contributed by atoms with Gasteiger partial charge in [0.25, 0.3) is 11.8 Å². The predicted molar refractivity (Wildman–Crippen MR) is 137 cm³/mol. The molecule has 3 heterocycles. The Labute approximate surface area is 211 Å². The van der Waals surface area contributed by atoms with Crippen LogP contribution in [0, 0.1) is 27.7 Å². The first kappa shape index (κ1) is 24.3. The summed E-state index contributed by atoms with van der Waals surface area (Å²) in [4.78, 5) is 58.7. The molecule has 3 fully saturated rings. The lowest BCUT2D eigenvalue weighted by Crippen LogP contribution is -2.56. The normalized spacial score (nSPS) is 23.9. The Morgan fingerprint density at radius 3 is 1.25 bits per heavy atom. The van der Waals surface area contributed by atoms with Crippen LogP contribution in [0.1, 0.15) is 35.1 Å². The average molecular weight is 489 g/mol. The van der Waals surface area contributed by atoms with E-state index < -0.39 is 12.1 Å². The molecule has 188 valence electrons. The summed E-state index contributed by atoms with van der Waals surface area (Å²) in [6.07, 6.45) is 0.320. The van der Waals surface area contributed by atoms with Gasteiger partial charge >= 0.3 is 0 Å². The van der Waals surface area contributed by atoms with Gasteiger partial charge < -0.3 is 0 Å². The smallest absolute Gasteiger partial charge is 0.251 e. The fourth-order valence-corrected chi connectivity index (χ4v) is 5.43. The van der Waals surface area contributed by atoms with Crippen LogP contribution in [0.4, 0.5) is 11.4 Å². The quantitative estimate of drug-likeness (QED) is 0.616. The first-order valence-corrected chi connectivity index (χ1v) is 12.5. The van der Waals surface area contributed by atoms with Gasteiger partial charge in [0, 0.05) is 26.2 Å². The maximum absolute atomic E-state index is 13.2. The van der Waals surface area contributed by atoms with Gasteiger partial charge in [-0.05, 0) is 74.2 Å². The molecule has 3 aliphatic heterocycles. The molecule has 0 aliphatic carbocycles. The Morgan fingerprint density at radius 2 is 0.917 bits per heavy atom. The highest BCUT2D eigenvalue weighted by molar-refractivity contribution is 6.23. The topological polar surface area (TPSA) is 81.2 Å². The van der Waals surface area contributed by atoms with E-state index in [1.165, 1.54) is 9.80 Å². The molecule has 2 atom stereocenters. The monoisotopic (exact) mass is 488 g/mol. The van der Waals surface area contributed by atoms with E-state index in [2.05, 4.69) is 0 Å². The third kappa shape index (κ3) is 4.14. The molecule has 3 aliphatic rings. The van der Waals surface area contributed by atoms with Gasteiger partial charge in [-0.15, -0.1) is 0 Å². The van der Waals surface area contributed by atoms with Crippen molar-refractivity contribution in [3.8, 4) is 0 Å². The van der Waals surface area contributed by atoms with Gasteiger partial charge in [-0.3, -0.25) is 29.0 Å². The second-order valence-corrected chi connectivity index (χ2v) is 10.2. The summed E-state index contributed by atoms with van der Waals surface area (Å²) >= 11 is 0. The third-order valence-corrected chi connectivity index (χ3v) is 7.97. The molecule has 2 aromatic carbocycles. The Kier molecular flexibility index (Phi) is 6.26. The van der Waals surface area contributed by atoms with Crippen molar-refractivity contribution in [2.24, 2.45) is 0 Å². The molecule has 2 aromatic rings. The van der Waals surface area contributed by atoms with E-state index >= 15 is 0 Å². The molecule has 0 radical (unpaired) electrons. The van der Waals surface area contributed by atoms with Crippen molar-refractivity contribution in [2.45, 2.75) is 52.6 Å². The van der Waals surface area contributed by atoms with Crippen LogP contribution in [0.3, 0.4) is 0 Å². The number of nitrogens with zero attached hydrogens (tertiary/aromatic N) is 4. The number of carbonyl (C=O) groups is 4. The van der Waals surface area contributed by atoms with Gasteiger partial charge in [0.1, 0.15) is 0 Å². The Bertz CT molecular complexity index is 1170. The zero-order chi connectivity index (χ0) is 25.7. The molecule has 5 rings (SSSR count). The number of anilines is 2. The molecule has 36 heavy (non-hydrogen) atoms. The summed E-state index contributed by atoms with van der Waals surface area (Å²) in [5.41, 5.74) is 5.54. The number of benzene rings is 2. The lowest BCUT2D eigenvalue weighted by Gasteiger charge is -2.38. The highest BCUT2D eigenvalue weighted by atomic mass is 16.2. The Morgan fingerprint density at radius 1 is 0.556 bits per heavy atom. The predicted octanol–water partition coefficient (Wildman–Crippen LogP) is 2.50. The molecule has 0 bridgehead atoms. The lowest BCUT2D eigenvalue weighted by molar-refractivity contribution is -0.126. The summed E-state index contributed by atoms with van der Waals surface area (Å²) in [6, 6.07) is 10.3. The van der Waals surface area contributed by atoms with Crippen LogP contribution in [0.15, 0.2) is 36.4 Å². The van der Waals surface area contributed by atoms with Gasteiger partial charge in [0.2, 0.25) is 11.8 Å². The van der Waals surface area contributed by atoms with Crippen LogP contribution >= 0.6 is 0 Å². The van der Waals surface area contributed by atoms with Crippen LogP contribution in [-0.4, -0.2) is 71.7 Å². The van der Waals surface area contributed by atoms with Crippen LogP contribution in [0.5, 0.6) is 0 Å². The zero-order valence-corrected chi connectivity index (χ0v) is 21.3. The molecular formula is C28H32N4O4. The Balaban J connectivity index is 1.24. The standard InChI is InChI=1S/C28H32N4O4/c1-17-5-7-21(13-19(17)3)31-25(33)15-23(27(31)35)29-9-11-30(12-10-29)24-16-26(34)32(28(24)36)22-8-6-18(2)20(4)14-22/h5-8,13-14,23-24H,9-12,15-16H2,1-4H3/t23-,24+. The zero-order valence-electron chi connectivity index (χ0n) is 21.3. The number of rotatable bonds is 4. The lowest BCUT2D eigenvalue weighted by atomic mass is 10.1. The number of hydrogen-bond donors (Lipinski definition) is 0. The van der Waals surface area contributed by atoms with Crippen LogP contribution in [-0.2, 0) is 19.2 Å². The van der Waals surface area contributed by atoms with Crippen molar-refractivity contribution >= 4 is 35.0 Å². The first-order valence-electron chi connectivity index (χ1n) is 12.5. The summed E-state index contributed by atoms with van der Waals surface area (Å²) in [6.45, 7) is 10.2. The second-order valence-electron chi connectivity index (χ2n) is 10.2. The van der Waals surface area contributed by atoms with Crippen molar-refractivity contribution in [2.75, 3.05) is 36.0 Å². The summed E-state index contributed by atoms with van der Waals surface area (Å²) in [5, 5.41) is 0. The number of piperazine rings is 1. The van der Waals surface area contributed by atoms with E-state index in [4.69, 9.17) is 0 Å². The third-order valence-electron chi connectivity index (χ3n) is 7.97. The summed E-state index contributed by atoms with van der Waals surface area (Å²) < 4.78 is 0. The summed E-state index contributed by atoms with van der Waals surface area (Å²) in [5.74, 6) is -0.748. The molecule has 4 amide bonds. The fourth-order valence-electron chi connectivity index (χ4n) is 5.43. The molecule has 0 N–H and O–H groups in total. The van der Waals surface area contributed by atoms with Crippen LogP contribution in [0.2, 0.25) is 0 Å². The molecule has 0 unspecified atom stereocenters. The first-order chi connectivity index (χ1) is 17.2. The van der Waals surface area contributed by atoms with Gasteiger partial charge in [0.05, 0.1) is 36.3 Å². The molecule has 8 nitrogen and oxygen atoms in total. The number of carbonyl (C=O) groups excluding carboxylic acids is 4. The van der Waals surface area contributed by atoms with E-state index in [9.17, 15) is 19.2 Å². The van der Waals surface area contributed by atoms with Crippen molar-refractivity contribution in [1.29, 1.82) is 0 Å². The largest absolute Gasteiger partial charge is 0.289 e. The maximum Gasteiger partial charge on any atom is 0.251 e. The van der Waals surface area contributed by atoms with Gasteiger partial charge in [0.15, 0.2) is 0 Å². The van der Waals surface area contributed by atoms with E-state index in [0.717, 1.165) is 22.3 Å². The van der Waals surface area contributed by atoms with Gasteiger partial charge in [-0.25, -0.2) is 9.80 Å². The second kappa shape index (κ2) is 9.26. The van der Waals surface area contributed by atoms with E-state index in [1.54, 1.807) is 0 Å². The molecule has 8 heteroatoms. The molecule has 0 saturated carbocycles. The van der Waals surface area contributed by atoms with Crippen molar-refractivity contribution in [3.05, 3.63) is 58.7 Å². The van der Waals surface area contributed by atoms with E-state index in [-0.39, 0.29) is 36.5 Å². The average Bonchev–Trinajstić information content (AvgIpc) is 3.32. The molecule has 3 saturated heterocycles.